The Bertz CT molecular complexity index is 683. The zero-order valence-electron chi connectivity index (χ0n) is 10.1. The van der Waals surface area contributed by atoms with Crippen molar-refractivity contribution in [2.75, 3.05) is 0 Å². The molecule has 0 amide bonds. The van der Waals surface area contributed by atoms with E-state index in [0.29, 0.717) is 0 Å². The van der Waals surface area contributed by atoms with E-state index < -0.39 is 0 Å². The van der Waals surface area contributed by atoms with Crippen molar-refractivity contribution in [1.29, 1.82) is 0 Å². The largest absolute Gasteiger partial charge is 0.306 e. The number of hydrogen-bond acceptors (Lipinski definition) is 1. The molecule has 0 spiro atoms. The standard InChI is InChI=1S/C15H13BrN2/c1-2-11-7-8-18-10-14(17-15(18)9-11)12-3-5-13(16)6-4-12/h3-10H,2H2,1H3. The Morgan fingerprint density at radius 2 is 1.94 bits per heavy atom. The Hall–Kier alpha value is -1.61. The van der Waals surface area contributed by atoms with E-state index in [0.717, 1.165) is 27.8 Å². The molecule has 3 heteroatoms. The minimum atomic E-state index is 1.01. The number of nitrogens with zero attached hydrogens (tertiary/aromatic N) is 2. The molecule has 0 aliphatic heterocycles. The number of aromatic nitrogens is 2. The van der Waals surface area contributed by atoms with Crippen LogP contribution in [0.4, 0.5) is 0 Å². The molecule has 0 saturated carbocycles. The van der Waals surface area contributed by atoms with Crippen molar-refractivity contribution < 1.29 is 0 Å². The molecule has 0 saturated heterocycles. The molecule has 0 unspecified atom stereocenters. The maximum atomic E-state index is 4.67. The third-order valence-electron chi connectivity index (χ3n) is 3.07. The highest BCUT2D eigenvalue weighted by atomic mass is 79.9. The molecule has 0 atom stereocenters. The van der Waals surface area contributed by atoms with Crippen LogP contribution in [0.2, 0.25) is 0 Å². The predicted molar refractivity (Wildman–Crippen MR) is 77.7 cm³/mol. The molecule has 18 heavy (non-hydrogen) atoms. The van der Waals surface area contributed by atoms with Gasteiger partial charge in [-0.05, 0) is 36.2 Å². The van der Waals surface area contributed by atoms with Crippen molar-refractivity contribution in [3.8, 4) is 11.3 Å². The van der Waals surface area contributed by atoms with Crippen LogP contribution in [0.15, 0.2) is 53.3 Å². The van der Waals surface area contributed by atoms with Crippen LogP contribution in [0, 0.1) is 0 Å². The highest BCUT2D eigenvalue weighted by Crippen LogP contribution is 2.21. The van der Waals surface area contributed by atoms with Crippen molar-refractivity contribution >= 4 is 21.6 Å². The fourth-order valence-corrected chi connectivity index (χ4v) is 2.27. The SMILES string of the molecule is CCc1ccn2cc(-c3ccc(Br)cc3)nc2c1. The fraction of sp³-hybridized carbons (Fsp3) is 0.133. The van der Waals surface area contributed by atoms with Gasteiger partial charge in [-0.15, -0.1) is 0 Å². The van der Waals surface area contributed by atoms with Crippen molar-refractivity contribution in [3.63, 3.8) is 0 Å². The Labute approximate surface area is 114 Å². The molecular formula is C15H13BrN2. The molecule has 0 aliphatic rings. The van der Waals surface area contributed by atoms with E-state index in [4.69, 9.17) is 0 Å². The van der Waals surface area contributed by atoms with Crippen molar-refractivity contribution in [1.82, 2.24) is 9.38 Å². The van der Waals surface area contributed by atoms with Crippen LogP contribution >= 0.6 is 15.9 Å². The molecule has 2 nitrogen and oxygen atoms in total. The number of halogens is 1. The summed E-state index contributed by atoms with van der Waals surface area (Å²) in [5.74, 6) is 0. The number of rotatable bonds is 2. The molecule has 1 aromatic carbocycles. The first-order chi connectivity index (χ1) is 8.76. The van der Waals surface area contributed by atoms with Crippen LogP contribution in [0.3, 0.4) is 0 Å². The lowest BCUT2D eigenvalue weighted by molar-refractivity contribution is 1.10. The molecule has 0 aliphatic carbocycles. The predicted octanol–water partition coefficient (Wildman–Crippen LogP) is 4.33. The van der Waals surface area contributed by atoms with Gasteiger partial charge in [-0.25, -0.2) is 4.98 Å². The van der Waals surface area contributed by atoms with E-state index in [1.807, 2.05) is 12.1 Å². The number of hydrogen-bond donors (Lipinski definition) is 0. The second-order valence-corrected chi connectivity index (χ2v) is 5.20. The van der Waals surface area contributed by atoms with Crippen LogP contribution in [0.25, 0.3) is 16.9 Å². The van der Waals surface area contributed by atoms with E-state index in [9.17, 15) is 0 Å². The Kier molecular flexibility index (Phi) is 2.92. The van der Waals surface area contributed by atoms with Gasteiger partial charge < -0.3 is 4.40 Å². The first kappa shape index (κ1) is 11.5. The summed E-state index contributed by atoms with van der Waals surface area (Å²) in [6.45, 7) is 2.16. The van der Waals surface area contributed by atoms with Gasteiger partial charge in [0.2, 0.25) is 0 Å². The fourth-order valence-electron chi connectivity index (χ4n) is 2.00. The smallest absolute Gasteiger partial charge is 0.137 e. The summed E-state index contributed by atoms with van der Waals surface area (Å²) < 4.78 is 3.15. The van der Waals surface area contributed by atoms with Crippen LogP contribution in [-0.4, -0.2) is 9.38 Å². The van der Waals surface area contributed by atoms with Gasteiger partial charge >= 0.3 is 0 Å². The van der Waals surface area contributed by atoms with E-state index in [1.54, 1.807) is 0 Å². The molecule has 0 fully saturated rings. The molecular weight excluding hydrogens is 288 g/mol. The summed E-state index contributed by atoms with van der Waals surface area (Å²) in [6, 6.07) is 12.5. The maximum absolute atomic E-state index is 4.67. The van der Waals surface area contributed by atoms with Gasteiger partial charge in [0, 0.05) is 22.4 Å². The molecule has 2 aromatic heterocycles. The summed E-state index contributed by atoms with van der Waals surface area (Å²) in [6.07, 6.45) is 5.18. The van der Waals surface area contributed by atoms with E-state index >= 15 is 0 Å². The molecule has 0 N–H and O–H groups in total. The third-order valence-corrected chi connectivity index (χ3v) is 3.60. The van der Waals surface area contributed by atoms with Crippen LogP contribution < -0.4 is 0 Å². The van der Waals surface area contributed by atoms with Gasteiger partial charge in [0.1, 0.15) is 5.65 Å². The number of aryl methyl sites for hydroxylation is 1. The van der Waals surface area contributed by atoms with E-state index in [2.05, 4.69) is 68.9 Å². The Morgan fingerprint density at radius 3 is 2.67 bits per heavy atom. The van der Waals surface area contributed by atoms with Crippen molar-refractivity contribution in [3.05, 3.63) is 58.8 Å². The van der Waals surface area contributed by atoms with Gasteiger partial charge in [0.15, 0.2) is 0 Å². The lowest BCUT2D eigenvalue weighted by Crippen LogP contribution is -1.85. The zero-order valence-corrected chi connectivity index (χ0v) is 11.7. The summed E-state index contributed by atoms with van der Waals surface area (Å²) in [5, 5.41) is 0. The minimum Gasteiger partial charge on any atom is -0.306 e. The second kappa shape index (κ2) is 4.58. The van der Waals surface area contributed by atoms with Crippen LogP contribution in [0.5, 0.6) is 0 Å². The Balaban J connectivity index is 2.10. The first-order valence-corrected chi connectivity index (χ1v) is 6.79. The number of pyridine rings is 1. The number of imidazole rings is 1. The van der Waals surface area contributed by atoms with E-state index in [-0.39, 0.29) is 0 Å². The Morgan fingerprint density at radius 1 is 1.17 bits per heavy atom. The lowest BCUT2D eigenvalue weighted by atomic mass is 10.2. The van der Waals surface area contributed by atoms with Crippen molar-refractivity contribution in [2.45, 2.75) is 13.3 Å². The summed E-state index contributed by atoms with van der Waals surface area (Å²) in [4.78, 5) is 4.67. The van der Waals surface area contributed by atoms with Gasteiger partial charge in [-0.3, -0.25) is 0 Å². The zero-order chi connectivity index (χ0) is 12.5. The molecule has 0 bridgehead atoms. The van der Waals surface area contributed by atoms with E-state index in [1.165, 1.54) is 5.56 Å². The highest BCUT2D eigenvalue weighted by Gasteiger charge is 2.04. The molecule has 0 radical (unpaired) electrons. The first-order valence-electron chi connectivity index (χ1n) is 6.00. The normalized spacial score (nSPS) is 11.0. The number of benzene rings is 1. The van der Waals surface area contributed by atoms with Gasteiger partial charge in [0.25, 0.3) is 0 Å². The molecule has 2 heterocycles. The van der Waals surface area contributed by atoms with Gasteiger partial charge in [0.05, 0.1) is 5.69 Å². The van der Waals surface area contributed by atoms with Gasteiger partial charge in [-0.2, -0.15) is 0 Å². The summed E-state index contributed by atoms with van der Waals surface area (Å²) in [5.41, 5.74) is 4.47. The number of fused-ring (bicyclic) bond motifs is 1. The van der Waals surface area contributed by atoms with Gasteiger partial charge in [-0.1, -0.05) is 35.0 Å². The van der Waals surface area contributed by atoms with Crippen molar-refractivity contribution in [2.24, 2.45) is 0 Å². The average molecular weight is 301 g/mol. The lowest BCUT2D eigenvalue weighted by Gasteiger charge is -1.96. The van der Waals surface area contributed by atoms with Crippen LogP contribution in [0.1, 0.15) is 12.5 Å². The molecule has 90 valence electrons. The monoisotopic (exact) mass is 300 g/mol. The average Bonchev–Trinajstić information content (AvgIpc) is 2.82. The van der Waals surface area contributed by atoms with Crippen LogP contribution in [-0.2, 0) is 6.42 Å². The second-order valence-electron chi connectivity index (χ2n) is 4.29. The minimum absolute atomic E-state index is 1.01. The summed E-state index contributed by atoms with van der Waals surface area (Å²) >= 11 is 3.45. The summed E-state index contributed by atoms with van der Waals surface area (Å²) in [7, 11) is 0. The molecule has 3 rings (SSSR count). The highest BCUT2D eigenvalue weighted by molar-refractivity contribution is 9.10. The quantitative estimate of drug-likeness (QED) is 0.689. The topological polar surface area (TPSA) is 17.3 Å². The third kappa shape index (κ3) is 2.06. The maximum Gasteiger partial charge on any atom is 0.137 e. The molecule has 3 aromatic rings.